The van der Waals surface area contributed by atoms with Crippen LogP contribution in [-0.4, -0.2) is 35.1 Å². The second-order valence-electron chi connectivity index (χ2n) is 4.88. The van der Waals surface area contributed by atoms with Crippen LogP contribution in [0.2, 0.25) is 0 Å². The van der Waals surface area contributed by atoms with Crippen molar-refractivity contribution in [2.45, 2.75) is 25.8 Å². The normalized spacial score (nSPS) is 14.2. The number of anilines is 1. The van der Waals surface area contributed by atoms with Gasteiger partial charge in [0.15, 0.2) is 0 Å². The summed E-state index contributed by atoms with van der Waals surface area (Å²) >= 11 is 0. The maximum atomic E-state index is 11.7. The van der Waals surface area contributed by atoms with Gasteiger partial charge < -0.3 is 9.64 Å². The molecule has 3 rings (SSSR count). The second-order valence-corrected chi connectivity index (χ2v) is 4.88. The number of carbonyl (C=O) groups is 1. The maximum Gasteiger partial charge on any atom is 0.325 e. The monoisotopic (exact) mass is 271 g/mol. The highest BCUT2D eigenvalue weighted by Crippen LogP contribution is 2.30. The van der Waals surface area contributed by atoms with Crippen molar-refractivity contribution >= 4 is 22.8 Å². The van der Waals surface area contributed by atoms with Gasteiger partial charge in [-0.15, -0.1) is 0 Å². The first-order valence-corrected chi connectivity index (χ1v) is 6.92. The molecule has 0 unspecified atom stereocenters. The molecule has 1 aromatic heterocycles. The van der Waals surface area contributed by atoms with Crippen LogP contribution < -0.4 is 4.90 Å². The van der Waals surface area contributed by atoms with E-state index in [4.69, 9.17) is 4.74 Å². The lowest BCUT2D eigenvalue weighted by Gasteiger charge is -2.22. The molecule has 1 saturated carbocycles. The van der Waals surface area contributed by atoms with Crippen LogP contribution in [0, 0.1) is 0 Å². The molecule has 0 amide bonds. The highest BCUT2D eigenvalue weighted by molar-refractivity contribution is 5.78. The average Bonchev–Trinajstić information content (AvgIpc) is 3.29. The van der Waals surface area contributed by atoms with Crippen LogP contribution in [0.5, 0.6) is 0 Å². The first-order chi connectivity index (χ1) is 9.78. The van der Waals surface area contributed by atoms with Crippen molar-refractivity contribution < 1.29 is 9.53 Å². The number of ether oxygens (including phenoxy) is 1. The van der Waals surface area contributed by atoms with E-state index >= 15 is 0 Å². The van der Waals surface area contributed by atoms with Crippen LogP contribution in [0.25, 0.3) is 11.0 Å². The Morgan fingerprint density at radius 2 is 2.10 bits per heavy atom. The molecular formula is C15H17N3O2. The number of fused-ring (bicyclic) bond motifs is 1. The SMILES string of the molecule is CCOC(=O)CN(c1cnc2ccccc2n1)C1CC1. The fraction of sp³-hybridized carbons (Fsp3) is 0.400. The Labute approximate surface area is 117 Å². The summed E-state index contributed by atoms with van der Waals surface area (Å²) in [6, 6.07) is 8.12. The number of nitrogens with zero attached hydrogens (tertiary/aromatic N) is 3. The summed E-state index contributed by atoms with van der Waals surface area (Å²) in [5.74, 6) is 0.536. The van der Waals surface area contributed by atoms with Crippen LogP contribution in [0.15, 0.2) is 30.5 Å². The minimum atomic E-state index is -0.214. The number of esters is 1. The van der Waals surface area contributed by atoms with E-state index in [9.17, 15) is 4.79 Å². The molecule has 1 aliphatic carbocycles. The summed E-state index contributed by atoms with van der Waals surface area (Å²) in [4.78, 5) is 22.7. The number of benzene rings is 1. The maximum absolute atomic E-state index is 11.7. The van der Waals surface area contributed by atoms with E-state index in [0.717, 1.165) is 29.7 Å². The lowest BCUT2D eigenvalue weighted by atomic mass is 10.3. The number of hydrogen-bond acceptors (Lipinski definition) is 5. The molecular weight excluding hydrogens is 254 g/mol. The van der Waals surface area contributed by atoms with Gasteiger partial charge in [-0.3, -0.25) is 9.78 Å². The minimum absolute atomic E-state index is 0.214. The first-order valence-electron chi connectivity index (χ1n) is 6.92. The van der Waals surface area contributed by atoms with E-state index in [1.165, 1.54) is 0 Å². The van der Waals surface area contributed by atoms with Gasteiger partial charge >= 0.3 is 5.97 Å². The Morgan fingerprint density at radius 1 is 1.35 bits per heavy atom. The van der Waals surface area contributed by atoms with Gasteiger partial charge in [-0.1, -0.05) is 12.1 Å². The fourth-order valence-corrected chi connectivity index (χ4v) is 2.21. The number of carbonyl (C=O) groups excluding carboxylic acids is 1. The molecule has 0 radical (unpaired) electrons. The van der Waals surface area contributed by atoms with Gasteiger partial charge in [0.25, 0.3) is 0 Å². The molecule has 0 N–H and O–H groups in total. The van der Waals surface area contributed by atoms with E-state index in [-0.39, 0.29) is 12.5 Å². The topological polar surface area (TPSA) is 55.3 Å². The fourth-order valence-electron chi connectivity index (χ4n) is 2.21. The van der Waals surface area contributed by atoms with Crippen LogP contribution in [0.4, 0.5) is 5.82 Å². The van der Waals surface area contributed by atoms with E-state index in [0.29, 0.717) is 12.6 Å². The van der Waals surface area contributed by atoms with E-state index < -0.39 is 0 Å². The van der Waals surface area contributed by atoms with Gasteiger partial charge in [-0.05, 0) is 31.9 Å². The van der Waals surface area contributed by atoms with E-state index in [1.807, 2.05) is 36.1 Å². The van der Waals surface area contributed by atoms with Crippen LogP contribution in [0.3, 0.4) is 0 Å². The van der Waals surface area contributed by atoms with Gasteiger partial charge in [-0.2, -0.15) is 0 Å². The van der Waals surface area contributed by atoms with E-state index in [1.54, 1.807) is 6.20 Å². The zero-order valence-corrected chi connectivity index (χ0v) is 11.5. The molecule has 20 heavy (non-hydrogen) atoms. The quantitative estimate of drug-likeness (QED) is 0.780. The lowest BCUT2D eigenvalue weighted by molar-refractivity contribution is -0.141. The average molecular weight is 271 g/mol. The number of para-hydroxylation sites is 2. The van der Waals surface area contributed by atoms with Gasteiger partial charge in [-0.25, -0.2) is 4.98 Å². The molecule has 0 saturated heterocycles. The zero-order valence-electron chi connectivity index (χ0n) is 11.5. The highest BCUT2D eigenvalue weighted by Gasteiger charge is 2.32. The predicted molar refractivity (Wildman–Crippen MR) is 76.5 cm³/mol. The molecule has 1 aromatic carbocycles. The molecule has 104 valence electrons. The molecule has 1 heterocycles. The summed E-state index contributed by atoms with van der Waals surface area (Å²) in [6.07, 6.45) is 3.92. The third-order valence-electron chi connectivity index (χ3n) is 3.32. The first kappa shape index (κ1) is 12.8. The minimum Gasteiger partial charge on any atom is -0.465 e. The van der Waals surface area contributed by atoms with Crippen molar-refractivity contribution in [1.82, 2.24) is 9.97 Å². The van der Waals surface area contributed by atoms with Crippen molar-refractivity contribution in [3.63, 3.8) is 0 Å². The third kappa shape index (κ3) is 2.71. The lowest BCUT2D eigenvalue weighted by Crippen LogP contribution is -2.33. The van der Waals surface area contributed by atoms with Gasteiger partial charge in [0.05, 0.1) is 23.8 Å². The Morgan fingerprint density at radius 3 is 2.80 bits per heavy atom. The molecule has 0 spiro atoms. The summed E-state index contributed by atoms with van der Waals surface area (Å²) in [5, 5.41) is 0. The molecule has 0 atom stereocenters. The van der Waals surface area contributed by atoms with E-state index in [2.05, 4.69) is 9.97 Å². The van der Waals surface area contributed by atoms with Gasteiger partial charge in [0.1, 0.15) is 12.4 Å². The number of rotatable bonds is 5. The molecule has 0 bridgehead atoms. The molecule has 2 aromatic rings. The standard InChI is InChI=1S/C15H17N3O2/c1-2-20-15(19)10-18(11-7-8-11)14-9-16-12-5-3-4-6-13(12)17-14/h3-6,9,11H,2,7-8,10H2,1H3. The summed E-state index contributed by atoms with van der Waals surface area (Å²) < 4.78 is 5.03. The summed E-state index contributed by atoms with van der Waals surface area (Å²) in [5.41, 5.74) is 1.71. The third-order valence-corrected chi connectivity index (χ3v) is 3.32. The smallest absolute Gasteiger partial charge is 0.325 e. The Hall–Kier alpha value is -2.17. The van der Waals surface area contributed by atoms with Crippen molar-refractivity contribution in [2.75, 3.05) is 18.1 Å². The molecule has 5 nitrogen and oxygen atoms in total. The highest BCUT2D eigenvalue weighted by atomic mass is 16.5. The summed E-state index contributed by atoms with van der Waals surface area (Å²) in [6.45, 7) is 2.46. The van der Waals surface area contributed by atoms with Crippen LogP contribution in [0.1, 0.15) is 19.8 Å². The van der Waals surface area contributed by atoms with Crippen LogP contribution in [-0.2, 0) is 9.53 Å². The van der Waals surface area contributed by atoms with Gasteiger partial charge in [0.2, 0.25) is 0 Å². The Balaban J connectivity index is 1.87. The predicted octanol–water partition coefficient (Wildman–Crippen LogP) is 2.16. The van der Waals surface area contributed by atoms with Gasteiger partial charge in [0, 0.05) is 6.04 Å². The van der Waals surface area contributed by atoms with Crippen molar-refractivity contribution in [3.8, 4) is 0 Å². The van der Waals surface area contributed by atoms with Crippen molar-refractivity contribution in [3.05, 3.63) is 30.5 Å². The Kier molecular flexibility index (Phi) is 3.50. The number of hydrogen-bond donors (Lipinski definition) is 0. The zero-order chi connectivity index (χ0) is 13.9. The van der Waals surface area contributed by atoms with Crippen molar-refractivity contribution in [2.24, 2.45) is 0 Å². The molecule has 1 fully saturated rings. The largest absolute Gasteiger partial charge is 0.465 e. The van der Waals surface area contributed by atoms with Crippen LogP contribution >= 0.6 is 0 Å². The summed E-state index contributed by atoms with van der Waals surface area (Å²) in [7, 11) is 0. The Bertz CT molecular complexity index is 625. The molecule has 0 aliphatic heterocycles. The molecule has 5 heteroatoms. The van der Waals surface area contributed by atoms with Crippen molar-refractivity contribution in [1.29, 1.82) is 0 Å². The molecule has 1 aliphatic rings. The number of aromatic nitrogens is 2. The second kappa shape index (κ2) is 5.45.